The monoisotopic (exact) mass is 322 g/mol. The average molecular weight is 322 g/mol. The maximum atomic E-state index is 12.3. The van der Waals surface area contributed by atoms with Crippen LogP contribution in [0.4, 0.5) is 0 Å². The van der Waals surface area contributed by atoms with Gasteiger partial charge in [0.1, 0.15) is 24.3 Å². The first-order valence-electron chi connectivity index (χ1n) is 8.27. The molecule has 1 aliphatic rings. The van der Waals surface area contributed by atoms with E-state index in [1.54, 1.807) is 18.3 Å². The Kier molecular flexibility index (Phi) is 3.99. The molecule has 0 fully saturated rings. The Morgan fingerprint density at radius 2 is 1.96 bits per heavy atom. The van der Waals surface area contributed by atoms with Gasteiger partial charge in [0.05, 0.1) is 5.69 Å². The van der Waals surface area contributed by atoms with Crippen molar-refractivity contribution in [2.75, 3.05) is 0 Å². The van der Waals surface area contributed by atoms with Crippen LogP contribution < -0.4 is 10.4 Å². The Morgan fingerprint density at radius 3 is 2.79 bits per heavy atom. The first-order valence-corrected chi connectivity index (χ1v) is 8.27. The Bertz CT molecular complexity index is 919. The number of aromatic nitrogens is 2. The van der Waals surface area contributed by atoms with Crippen molar-refractivity contribution in [1.82, 2.24) is 9.97 Å². The maximum Gasteiger partial charge on any atom is 0.339 e. The van der Waals surface area contributed by atoms with Gasteiger partial charge in [0, 0.05) is 23.2 Å². The standard InChI is InChI=1S/C19H18N2O3/c22-19-17-5-3-1-2-4-15(17)16-7-6-14(10-18(16)24-19)23-11-13-8-9-20-12-21-13/h6-10,12H,1-5,11H2. The van der Waals surface area contributed by atoms with Crippen LogP contribution in [0.2, 0.25) is 0 Å². The summed E-state index contributed by atoms with van der Waals surface area (Å²) in [6, 6.07) is 7.52. The highest BCUT2D eigenvalue weighted by Gasteiger charge is 2.17. The van der Waals surface area contributed by atoms with Crippen molar-refractivity contribution in [1.29, 1.82) is 0 Å². The van der Waals surface area contributed by atoms with E-state index in [-0.39, 0.29) is 5.63 Å². The lowest BCUT2D eigenvalue weighted by atomic mass is 10.0. The van der Waals surface area contributed by atoms with Crippen molar-refractivity contribution >= 4 is 11.0 Å². The van der Waals surface area contributed by atoms with Gasteiger partial charge in [-0.3, -0.25) is 0 Å². The highest BCUT2D eigenvalue weighted by atomic mass is 16.5. The van der Waals surface area contributed by atoms with E-state index in [2.05, 4.69) is 9.97 Å². The van der Waals surface area contributed by atoms with Gasteiger partial charge in [-0.25, -0.2) is 14.8 Å². The smallest absolute Gasteiger partial charge is 0.339 e. The van der Waals surface area contributed by atoms with Crippen LogP contribution in [-0.4, -0.2) is 9.97 Å². The largest absolute Gasteiger partial charge is 0.487 e. The highest BCUT2D eigenvalue weighted by Crippen LogP contribution is 2.28. The Hall–Kier alpha value is -2.69. The normalized spacial score (nSPS) is 14.2. The predicted octanol–water partition coefficient (Wildman–Crippen LogP) is 3.43. The summed E-state index contributed by atoms with van der Waals surface area (Å²) >= 11 is 0. The molecule has 0 atom stereocenters. The van der Waals surface area contributed by atoms with Crippen LogP contribution in [0.5, 0.6) is 5.75 Å². The molecule has 4 rings (SSSR count). The number of nitrogens with zero attached hydrogens (tertiary/aromatic N) is 2. The van der Waals surface area contributed by atoms with Crippen LogP contribution in [0.1, 0.15) is 36.1 Å². The first kappa shape index (κ1) is 14.9. The summed E-state index contributed by atoms with van der Waals surface area (Å²) in [4.78, 5) is 20.3. The molecule has 0 amide bonds. The molecule has 1 aliphatic carbocycles. The summed E-state index contributed by atoms with van der Waals surface area (Å²) in [7, 11) is 0. The van der Waals surface area contributed by atoms with Gasteiger partial charge >= 0.3 is 5.63 Å². The molecular formula is C19H18N2O3. The maximum absolute atomic E-state index is 12.3. The Morgan fingerprint density at radius 1 is 1.08 bits per heavy atom. The van der Waals surface area contributed by atoms with Crippen molar-refractivity contribution < 1.29 is 9.15 Å². The van der Waals surface area contributed by atoms with Gasteiger partial charge in [-0.2, -0.15) is 0 Å². The summed E-state index contributed by atoms with van der Waals surface area (Å²) < 4.78 is 11.3. The van der Waals surface area contributed by atoms with E-state index in [0.29, 0.717) is 17.9 Å². The highest BCUT2D eigenvalue weighted by molar-refractivity contribution is 5.82. The number of rotatable bonds is 3. The van der Waals surface area contributed by atoms with E-state index in [0.717, 1.165) is 54.3 Å². The summed E-state index contributed by atoms with van der Waals surface area (Å²) in [5.41, 5.74) is 3.21. The van der Waals surface area contributed by atoms with Gasteiger partial charge in [0.25, 0.3) is 0 Å². The van der Waals surface area contributed by atoms with Crippen molar-refractivity contribution in [3.63, 3.8) is 0 Å². The van der Waals surface area contributed by atoms with Gasteiger partial charge in [0.15, 0.2) is 0 Å². The fourth-order valence-electron chi connectivity index (χ4n) is 3.25. The summed E-state index contributed by atoms with van der Waals surface area (Å²) in [5, 5.41) is 1.03. The van der Waals surface area contributed by atoms with E-state index in [1.807, 2.05) is 12.1 Å². The minimum Gasteiger partial charge on any atom is -0.487 e. The van der Waals surface area contributed by atoms with Gasteiger partial charge in [-0.15, -0.1) is 0 Å². The number of fused-ring (bicyclic) bond motifs is 3. The van der Waals surface area contributed by atoms with Gasteiger partial charge in [-0.1, -0.05) is 6.42 Å². The molecule has 0 aliphatic heterocycles. The minimum absolute atomic E-state index is 0.202. The van der Waals surface area contributed by atoms with E-state index < -0.39 is 0 Å². The fourth-order valence-corrected chi connectivity index (χ4v) is 3.25. The van der Waals surface area contributed by atoms with Crippen LogP contribution in [-0.2, 0) is 19.4 Å². The summed E-state index contributed by atoms with van der Waals surface area (Å²) in [5.74, 6) is 0.665. The third-order valence-electron chi connectivity index (χ3n) is 4.48. The SMILES string of the molecule is O=c1oc2cc(OCc3ccncn3)ccc2c2c1CCCCC2. The molecular weight excluding hydrogens is 304 g/mol. The Balaban J connectivity index is 1.67. The predicted molar refractivity (Wildman–Crippen MR) is 90.1 cm³/mol. The van der Waals surface area contributed by atoms with Crippen LogP contribution in [0.3, 0.4) is 0 Å². The number of ether oxygens (including phenoxy) is 1. The third kappa shape index (κ3) is 2.89. The van der Waals surface area contributed by atoms with Crippen LogP contribution in [0.15, 0.2) is 46.0 Å². The quantitative estimate of drug-likeness (QED) is 0.546. The number of benzene rings is 1. The van der Waals surface area contributed by atoms with Crippen molar-refractivity contribution in [3.05, 3.63) is 64.0 Å². The van der Waals surface area contributed by atoms with Crippen molar-refractivity contribution in [2.24, 2.45) is 0 Å². The summed E-state index contributed by atoms with van der Waals surface area (Å²) in [6.45, 7) is 0.350. The second kappa shape index (κ2) is 6.43. The van der Waals surface area contributed by atoms with Gasteiger partial charge < -0.3 is 9.15 Å². The topological polar surface area (TPSA) is 65.2 Å². The molecule has 0 N–H and O–H groups in total. The third-order valence-corrected chi connectivity index (χ3v) is 4.48. The molecule has 0 spiro atoms. The molecule has 122 valence electrons. The fraction of sp³-hybridized carbons (Fsp3) is 0.316. The zero-order valence-electron chi connectivity index (χ0n) is 13.3. The second-order valence-corrected chi connectivity index (χ2v) is 6.05. The number of hydrogen-bond acceptors (Lipinski definition) is 5. The molecule has 0 bridgehead atoms. The van der Waals surface area contributed by atoms with Crippen LogP contribution in [0.25, 0.3) is 11.0 Å². The molecule has 5 heteroatoms. The van der Waals surface area contributed by atoms with Crippen LogP contribution >= 0.6 is 0 Å². The molecule has 0 saturated heterocycles. The van der Waals surface area contributed by atoms with Crippen LogP contribution in [0, 0.1) is 0 Å². The minimum atomic E-state index is -0.202. The summed E-state index contributed by atoms with van der Waals surface area (Å²) in [6.07, 6.45) is 8.28. The van der Waals surface area contributed by atoms with E-state index >= 15 is 0 Å². The molecule has 24 heavy (non-hydrogen) atoms. The Labute approximate surface area is 139 Å². The zero-order chi connectivity index (χ0) is 16.4. The molecule has 5 nitrogen and oxygen atoms in total. The van der Waals surface area contributed by atoms with E-state index in [4.69, 9.17) is 9.15 Å². The lowest BCUT2D eigenvalue weighted by Crippen LogP contribution is -2.10. The zero-order valence-corrected chi connectivity index (χ0v) is 13.3. The lowest BCUT2D eigenvalue weighted by Gasteiger charge is -2.10. The molecule has 0 saturated carbocycles. The molecule has 2 aromatic heterocycles. The molecule has 3 aromatic rings. The molecule has 2 heterocycles. The van der Waals surface area contributed by atoms with E-state index in [1.165, 1.54) is 6.33 Å². The van der Waals surface area contributed by atoms with Crippen molar-refractivity contribution in [3.8, 4) is 5.75 Å². The first-order chi connectivity index (χ1) is 11.8. The van der Waals surface area contributed by atoms with Gasteiger partial charge in [0.2, 0.25) is 0 Å². The number of hydrogen-bond donors (Lipinski definition) is 0. The van der Waals surface area contributed by atoms with Gasteiger partial charge in [-0.05, 0) is 49.4 Å². The lowest BCUT2D eigenvalue weighted by molar-refractivity contribution is 0.301. The number of aryl methyl sites for hydroxylation is 1. The van der Waals surface area contributed by atoms with Crippen molar-refractivity contribution in [2.45, 2.75) is 38.7 Å². The average Bonchev–Trinajstić information content (AvgIpc) is 2.87. The molecule has 1 aromatic carbocycles. The molecule has 0 unspecified atom stereocenters. The van der Waals surface area contributed by atoms with E-state index in [9.17, 15) is 4.79 Å². The molecule has 0 radical (unpaired) electrons. The second-order valence-electron chi connectivity index (χ2n) is 6.05.